The van der Waals surface area contributed by atoms with Crippen molar-refractivity contribution in [2.45, 2.75) is 12.8 Å². The largest absolute Gasteiger partial charge is 0.504 e. The van der Waals surface area contributed by atoms with Crippen LogP contribution in [0.15, 0.2) is 53.6 Å². The second-order valence-corrected chi connectivity index (χ2v) is 5.11. The van der Waals surface area contributed by atoms with Gasteiger partial charge in [0.1, 0.15) is 0 Å². The second-order valence-electron chi connectivity index (χ2n) is 5.11. The molecule has 130 valence electrons. The fourth-order valence-electron chi connectivity index (χ4n) is 2.01. The number of anilines is 1. The number of phenolic OH excluding ortho intramolecular Hbond substituents is 1. The Kier molecular flexibility index (Phi) is 6.53. The Balaban J connectivity index is 1.78. The van der Waals surface area contributed by atoms with Gasteiger partial charge in [-0.25, -0.2) is 5.43 Å². The maximum atomic E-state index is 11.8. The topological polar surface area (TPSA) is 100 Å². The Morgan fingerprint density at radius 1 is 1.08 bits per heavy atom. The Bertz CT molecular complexity index is 760. The van der Waals surface area contributed by atoms with Crippen molar-refractivity contribution in [1.29, 1.82) is 0 Å². The third-order valence-electron chi connectivity index (χ3n) is 3.28. The maximum absolute atomic E-state index is 11.8. The number of phenols is 1. The van der Waals surface area contributed by atoms with Crippen LogP contribution in [0.1, 0.15) is 18.4 Å². The summed E-state index contributed by atoms with van der Waals surface area (Å²) in [5.74, 6) is -0.407. The number of aromatic hydroxyl groups is 1. The lowest BCUT2D eigenvalue weighted by atomic mass is 10.2. The van der Waals surface area contributed by atoms with Crippen LogP contribution in [-0.2, 0) is 9.59 Å². The predicted molar refractivity (Wildman–Crippen MR) is 94.7 cm³/mol. The van der Waals surface area contributed by atoms with Crippen molar-refractivity contribution >= 4 is 23.7 Å². The van der Waals surface area contributed by atoms with Crippen LogP contribution in [-0.4, -0.2) is 30.2 Å². The molecule has 0 unspecified atom stereocenters. The van der Waals surface area contributed by atoms with Crippen molar-refractivity contribution < 1.29 is 19.4 Å². The van der Waals surface area contributed by atoms with Crippen LogP contribution in [0.5, 0.6) is 11.5 Å². The molecule has 0 bridgehead atoms. The van der Waals surface area contributed by atoms with E-state index in [0.29, 0.717) is 17.0 Å². The van der Waals surface area contributed by atoms with Crippen LogP contribution >= 0.6 is 0 Å². The number of rotatable bonds is 7. The molecule has 3 N–H and O–H groups in total. The van der Waals surface area contributed by atoms with E-state index in [2.05, 4.69) is 15.8 Å². The predicted octanol–water partition coefficient (Wildman–Crippen LogP) is 2.27. The van der Waals surface area contributed by atoms with Gasteiger partial charge in [-0.15, -0.1) is 0 Å². The average molecular weight is 341 g/mol. The minimum absolute atomic E-state index is 0.0000990. The van der Waals surface area contributed by atoms with Gasteiger partial charge in [0, 0.05) is 24.1 Å². The number of carbonyl (C=O) groups excluding carboxylic acids is 2. The fraction of sp³-hybridized carbons (Fsp3) is 0.167. The first-order chi connectivity index (χ1) is 12.1. The molecule has 0 aliphatic rings. The molecule has 2 amide bonds. The van der Waals surface area contributed by atoms with Gasteiger partial charge in [0.2, 0.25) is 11.8 Å². The van der Waals surface area contributed by atoms with Gasteiger partial charge in [-0.2, -0.15) is 5.10 Å². The van der Waals surface area contributed by atoms with Gasteiger partial charge >= 0.3 is 0 Å². The van der Waals surface area contributed by atoms with Crippen molar-refractivity contribution in [3.8, 4) is 11.5 Å². The third-order valence-corrected chi connectivity index (χ3v) is 3.28. The average Bonchev–Trinajstić information content (AvgIpc) is 2.62. The molecule has 0 aliphatic heterocycles. The Morgan fingerprint density at radius 3 is 2.52 bits per heavy atom. The van der Waals surface area contributed by atoms with E-state index in [0.717, 1.165) is 0 Å². The number of benzene rings is 2. The molecule has 7 nitrogen and oxygen atoms in total. The van der Waals surface area contributed by atoms with Crippen molar-refractivity contribution in [1.82, 2.24) is 5.43 Å². The Labute approximate surface area is 145 Å². The summed E-state index contributed by atoms with van der Waals surface area (Å²) in [5.41, 5.74) is 3.40. The van der Waals surface area contributed by atoms with Gasteiger partial charge in [0.05, 0.1) is 13.3 Å². The molecular weight excluding hydrogens is 322 g/mol. The Morgan fingerprint density at radius 2 is 1.80 bits per heavy atom. The lowest BCUT2D eigenvalue weighted by Gasteiger charge is -2.05. The van der Waals surface area contributed by atoms with Gasteiger partial charge < -0.3 is 15.2 Å². The van der Waals surface area contributed by atoms with E-state index < -0.39 is 5.91 Å². The zero-order valence-corrected chi connectivity index (χ0v) is 13.7. The van der Waals surface area contributed by atoms with Crippen molar-refractivity contribution in [2.24, 2.45) is 5.10 Å². The second kappa shape index (κ2) is 9.07. The number of amides is 2. The smallest absolute Gasteiger partial charge is 0.240 e. The van der Waals surface area contributed by atoms with Crippen molar-refractivity contribution in [2.75, 3.05) is 12.4 Å². The number of hydrazone groups is 1. The number of methoxy groups -OCH3 is 1. The molecule has 2 aromatic carbocycles. The van der Waals surface area contributed by atoms with Gasteiger partial charge in [-0.3, -0.25) is 9.59 Å². The lowest BCUT2D eigenvalue weighted by molar-refractivity contribution is -0.124. The minimum Gasteiger partial charge on any atom is -0.504 e. The number of nitrogens with one attached hydrogen (secondary N) is 2. The van der Waals surface area contributed by atoms with Gasteiger partial charge in [-0.1, -0.05) is 24.3 Å². The van der Waals surface area contributed by atoms with E-state index in [-0.39, 0.29) is 24.5 Å². The summed E-state index contributed by atoms with van der Waals surface area (Å²) in [4.78, 5) is 23.5. The standard InChI is InChI=1S/C18H19N3O4/c1-25-15-9-5-6-13(18(15)24)12-19-21-17(23)11-10-16(22)20-14-7-3-2-4-8-14/h2-9,12,24H,10-11H2,1H3,(H,20,22)(H,21,23). The monoisotopic (exact) mass is 341 g/mol. The number of hydrogen-bond donors (Lipinski definition) is 3. The quantitative estimate of drug-likeness (QED) is 0.531. The highest BCUT2D eigenvalue weighted by molar-refractivity contribution is 5.93. The number of nitrogens with zero attached hydrogens (tertiary/aromatic N) is 1. The molecule has 0 spiro atoms. The number of hydrogen-bond acceptors (Lipinski definition) is 5. The summed E-state index contributed by atoms with van der Waals surface area (Å²) >= 11 is 0. The van der Waals surface area contributed by atoms with Crippen LogP contribution in [0.2, 0.25) is 0 Å². The van der Waals surface area contributed by atoms with Gasteiger partial charge in [0.25, 0.3) is 0 Å². The summed E-state index contributed by atoms with van der Waals surface area (Å²) in [6.45, 7) is 0. The third kappa shape index (κ3) is 5.65. The highest BCUT2D eigenvalue weighted by Crippen LogP contribution is 2.27. The number of carbonyl (C=O) groups is 2. The molecule has 0 atom stereocenters. The van der Waals surface area contributed by atoms with Crippen molar-refractivity contribution in [3.05, 3.63) is 54.1 Å². The zero-order valence-electron chi connectivity index (χ0n) is 13.7. The first-order valence-corrected chi connectivity index (χ1v) is 7.63. The first kappa shape index (κ1) is 18.0. The van der Waals surface area contributed by atoms with Crippen LogP contribution in [0, 0.1) is 0 Å². The van der Waals surface area contributed by atoms with E-state index in [1.807, 2.05) is 18.2 Å². The Hall–Kier alpha value is -3.35. The van der Waals surface area contributed by atoms with Crippen LogP contribution < -0.4 is 15.5 Å². The highest BCUT2D eigenvalue weighted by Gasteiger charge is 2.07. The van der Waals surface area contributed by atoms with E-state index in [4.69, 9.17) is 4.74 Å². The highest BCUT2D eigenvalue weighted by atomic mass is 16.5. The molecule has 25 heavy (non-hydrogen) atoms. The molecular formula is C18H19N3O4. The minimum atomic E-state index is -0.401. The molecule has 0 aromatic heterocycles. The summed E-state index contributed by atoms with van der Waals surface area (Å²) < 4.78 is 4.98. The molecule has 2 rings (SSSR count). The molecule has 7 heteroatoms. The first-order valence-electron chi connectivity index (χ1n) is 7.63. The van der Waals surface area contributed by atoms with Crippen molar-refractivity contribution in [3.63, 3.8) is 0 Å². The van der Waals surface area contributed by atoms with Gasteiger partial charge in [-0.05, 0) is 24.3 Å². The summed E-state index contributed by atoms with van der Waals surface area (Å²) in [6, 6.07) is 13.9. The van der Waals surface area contributed by atoms with Gasteiger partial charge in [0.15, 0.2) is 11.5 Å². The molecule has 0 saturated heterocycles. The maximum Gasteiger partial charge on any atom is 0.240 e. The fourth-order valence-corrected chi connectivity index (χ4v) is 2.01. The molecule has 0 saturated carbocycles. The number of para-hydroxylation sites is 2. The summed E-state index contributed by atoms with van der Waals surface area (Å²) in [5, 5.41) is 16.4. The van der Waals surface area contributed by atoms with E-state index in [9.17, 15) is 14.7 Å². The zero-order chi connectivity index (χ0) is 18.1. The lowest BCUT2D eigenvalue weighted by Crippen LogP contribution is -2.20. The van der Waals surface area contributed by atoms with Crippen LogP contribution in [0.3, 0.4) is 0 Å². The van der Waals surface area contributed by atoms with E-state index >= 15 is 0 Å². The van der Waals surface area contributed by atoms with Crippen LogP contribution in [0.4, 0.5) is 5.69 Å². The van der Waals surface area contributed by atoms with Crippen LogP contribution in [0.25, 0.3) is 0 Å². The molecule has 2 aromatic rings. The SMILES string of the molecule is COc1cccc(C=NNC(=O)CCC(=O)Nc2ccccc2)c1O. The van der Waals surface area contributed by atoms with E-state index in [1.54, 1.807) is 30.3 Å². The summed E-state index contributed by atoms with van der Waals surface area (Å²) in [7, 11) is 1.44. The molecule has 0 heterocycles. The summed E-state index contributed by atoms with van der Waals surface area (Å²) in [6.07, 6.45) is 1.35. The molecule has 0 fully saturated rings. The number of ether oxygens (including phenoxy) is 1. The van der Waals surface area contributed by atoms with E-state index in [1.165, 1.54) is 13.3 Å². The molecule has 0 aliphatic carbocycles. The molecule has 0 radical (unpaired) electrons. The normalized spacial score (nSPS) is 10.4.